The second-order valence-electron chi connectivity index (χ2n) is 7.57. The quantitative estimate of drug-likeness (QED) is 0.763. The number of morpholine rings is 1. The highest BCUT2D eigenvalue weighted by Crippen LogP contribution is 2.22. The number of imide groups is 1. The number of nitrogens with zero attached hydrogens (tertiary/aromatic N) is 2. The molecule has 0 aromatic heterocycles. The van der Waals surface area contributed by atoms with Crippen LogP contribution in [0.3, 0.4) is 0 Å². The smallest absolute Gasteiger partial charge is 0.261 e. The van der Waals surface area contributed by atoms with Crippen LogP contribution in [-0.4, -0.2) is 73.5 Å². The number of nitrogens with one attached hydrogen (secondary N) is 1. The highest BCUT2D eigenvalue weighted by atomic mass is 16.5. The lowest BCUT2D eigenvalue weighted by molar-refractivity contribution is 0.0124. The van der Waals surface area contributed by atoms with Crippen LogP contribution in [0.1, 0.15) is 51.3 Å². The van der Waals surface area contributed by atoms with Gasteiger partial charge in [0.25, 0.3) is 17.7 Å². The Labute approximate surface area is 159 Å². The predicted molar refractivity (Wildman–Crippen MR) is 101 cm³/mol. The molecule has 1 saturated heterocycles. The first-order chi connectivity index (χ1) is 12.9. The van der Waals surface area contributed by atoms with Crippen molar-refractivity contribution >= 4 is 17.7 Å². The maximum Gasteiger partial charge on any atom is 0.261 e. The molecule has 0 unspecified atom stereocenters. The molecule has 2 aliphatic heterocycles. The molecule has 1 aromatic rings. The zero-order chi connectivity index (χ0) is 19.6. The number of carbonyl (C=O) groups is 3. The van der Waals surface area contributed by atoms with E-state index in [4.69, 9.17) is 4.74 Å². The van der Waals surface area contributed by atoms with E-state index in [9.17, 15) is 14.4 Å². The first kappa shape index (κ1) is 19.5. The van der Waals surface area contributed by atoms with Crippen molar-refractivity contribution in [2.24, 2.45) is 5.92 Å². The molecule has 2 aliphatic rings. The maximum absolute atomic E-state index is 12.6. The molecule has 1 N–H and O–H groups in total. The molecule has 3 rings (SSSR count). The van der Waals surface area contributed by atoms with Crippen molar-refractivity contribution in [2.75, 3.05) is 39.9 Å². The van der Waals surface area contributed by atoms with Crippen LogP contribution in [0.15, 0.2) is 18.2 Å². The van der Waals surface area contributed by atoms with Crippen molar-refractivity contribution < 1.29 is 19.1 Å². The largest absolute Gasteiger partial charge is 0.379 e. The van der Waals surface area contributed by atoms with Crippen LogP contribution < -0.4 is 5.32 Å². The number of amides is 3. The van der Waals surface area contributed by atoms with E-state index in [1.807, 2.05) is 0 Å². The van der Waals surface area contributed by atoms with E-state index < -0.39 is 0 Å². The molecular weight excluding hydrogens is 346 g/mol. The van der Waals surface area contributed by atoms with Gasteiger partial charge in [0.2, 0.25) is 0 Å². The molecule has 1 fully saturated rings. The molecule has 27 heavy (non-hydrogen) atoms. The van der Waals surface area contributed by atoms with Gasteiger partial charge in [-0.25, -0.2) is 0 Å². The van der Waals surface area contributed by atoms with Gasteiger partial charge in [-0.05, 0) is 30.5 Å². The van der Waals surface area contributed by atoms with E-state index in [1.165, 1.54) is 13.1 Å². The van der Waals surface area contributed by atoms with Crippen molar-refractivity contribution in [3.63, 3.8) is 0 Å². The summed E-state index contributed by atoms with van der Waals surface area (Å²) in [5, 5.41) is 3.00. The van der Waals surface area contributed by atoms with E-state index in [0.717, 1.165) is 37.6 Å². The number of rotatable bonds is 6. The Morgan fingerprint density at radius 3 is 2.48 bits per heavy atom. The molecule has 146 valence electrons. The van der Waals surface area contributed by atoms with Gasteiger partial charge in [0.1, 0.15) is 0 Å². The molecule has 3 amide bonds. The molecule has 0 saturated carbocycles. The topological polar surface area (TPSA) is 79.0 Å². The van der Waals surface area contributed by atoms with Crippen LogP contribution in [0.2, 0.25) is 0 Å². The average Bonchev–Trinajstić information content (AvgIpc) is 2.89. The SMILES string of the molecule is CC(C)C[C@H](CNC(=O)c1ccc2c(c1)C(=O)N(C)C2=O)N1CCOCC1. The molecule has 0 aliphatic carbocycles. The second-order valence-corrected chi connectivity index (χ2v) is 7.57. The molecule has 1 atom stereocenters. The van der Waals surface area contributed by atoms with Crippen molar-refractivity contribution in [1.82, 2.24) is 15.1 Å². The van der Waals surface area contributed by atoms with Crippen molar-refractivity contribution in [3.05, 3.63) is 34.9 Å². The zero-order valence-electron chi connectivity index (χ0n) is 16.2. The lowest BCUT2D eigenvalue weighted by Gasteiger charge is -2.35. The fourth-order valence-electron chi connectivity index (χ4n) is 3.66. The second kappa shape index (κ2) is 8.19. The Balaban J connectivity index is 1.67. The average molecular weight is 373 g/mol. The number of ether oxygens (including phenoxy) is 1. The van der Waals surface area contributed by atoms with Crippen LogP contribution in [0.25, 0.3) is 0 Å². The van der Waals surface area contributed by atoms with Crippen LogP contribution in [-0.2, 0) is 4.74 Å². The number of hydrogen-bond donors (Lipinski definition) is 1. The van der Waals surface area contributed by atoms with E-state index in [-0.39, 0.29) is 23.8 Å². The lowest BCUT2D eigenvalue weighted by atomic mass is 10.0. The Bertz CT molecular complexity index is 741. The lowest BCUT2D eigenvalue weighted by Crippen LogP contribution is -2.49. The van der Waals surface area contributed by atoms with Crippen molar-refractivity contribution in [2.45, 2.75) is 26.3 Å². The molecular formula is C20H27N3O4. The minimum atomic E-state index is -0.365. The number of hydrogen-bond acceptors (Lipinski definition) is 5. The minimum Gasteiger partial charge on any atom is -0.379 e. The fourth-order valence-corrected chi connectivity index (χ4v) is 3.66. The van der Waals surface area contributed by atoms with Crippen LogP contribution in [0, 0.1) is 5.92 Å². The van der Waals surface area contributed by atoms with Gasteiger partial charge >= 0.3 is 0 Å². The molecule has 0 spiro atoms. The standard InChI is InChI=1S/C20H27N3O4/c1-13(2)10-15(23-6-8-27-9-7-23)12-21-18(24)14-4-5-16-17(11-14)20(26)22(3)19(16)25/h4-5,11,13,15H,6-10,12H2,1-3H3,(H,21,24)/t15-/m1/s1. The number of carbonyl (C=O) groups excluding carboxylic acids is 3. The summed E-state index contributed by atoms with van der Waals surface area (Å²) >= 11 is 0. The summed E-state index contributed by atoms with van der Waals surface area (Å²) in [7, 11) is 1.45. The highest BCUT2D eigenvalue weighted by Gasteiger charge is 2.33. The van der Waals surface area contributed by atoms with Crippen molar-refractivity contribution in [3.8, 4) is 0 Å². The van der Waals surface area contributed by atoms with Gasteiger partial charge in [0, 0.05) is 38.3 Å². The summed E-state index contributed by atoms with van der Waals surface area (Å²) in [5.41, 5.74) is 1.04. The van der Waals surface area contributed by atoms with E-state index in [0.29, 0.717) is 29.2 Å². The van der Waals surface area contributed by atoms with Crippen molar-refractivity contribution in [1.29, 1.82) is 0 Å². The maximum atomic E-state index is 12.6. The first-order valence-corrected chi connectivity index (χ1v) is 9.45. The molecule has 0 bridgehead atoms. The third-order valence-electron chi connectivity index (χ3n) is 5.16. The van der Waals surface area contributed by atoms with Crippen LogP contribution in [0.5, 0.6) is 0 Å². The summed E-state index contributed by atoms with van der Waals surface area (Å²) < 4.78 is 5.43. The zero-order valence-corrected chi connectivity index (χ0v) is 16.2. The molecule has 0 radical (unpaired) electrons. The van der Waals surface area contributed by atoms with Gasteiger partial charge in [-0.3, -0.25) is 24.2 Å². The van der Waals surface area contributed by atoms with E-state index >= 15 is 0 Å². The van der Waals surface area contributed by atoms with Gasteiger partial charge in [0.15, 0.2) is 0 Å². The van der Waals surface area contributed by atoms with Gasteiger partial charge in [-0.2, -0.15) is 0 Å². The molecule has 1 aromatic carbocycles. The Morgan fingerprint density at radius 1 is 1.15 bits per heavy atom. The fraction of sp³-hybridized carbons (Fsp3) is 0.550. The normalized spacial score (nSPS) is 18.7. The summed E-state index contributed by atoms with van der Waals surface area (Å²) in [6, 6.07) is 4.92. The van der Waals surface area contributed by atoms with Gasteiger partial charge in [0.05, 0.1) is 24.3 Å². The van der Waals surface area contributed by atoms with Gasteiger partial charge < -0.3 is 10.1 Å². The third-order valence-corrected chi connectivity index (χ3v) is 5.16. The summed E-state index contributed by atoms with van der Waals surface area (Å²) in [6.45, 7) is 8.07. The highest BCUT2D eigenvalue weighted by molar-refractivity contribution is 6.21. The van der Waals surface area contributed by atoms with Gasteiger partial charge in [-0.1, -0.05) is 13.8 Å². The Hall–Kier alpha value is -2.25. The Morgan fingerprint density at radius 2 is 1.81 bits per heavy atom. The minimum absolute atomic E-state index is 0.227. The summed E-state index contributed by atoms with van der Waals surface area (Å²) in [5.74, 6) is -0.398. The monoisotopic (exact) mass is 373 g/mol. The molecule has 7 heteroatoms. The number of benzene rings is 1. The summed E-state index contributed by atoms with van der Waals surface area (Å²) in [4.78, 5) is 40.2. The third kappa shape index (κ3) is 4.20. The van der Waals surface area contributed by atoms with Crippen LogP contribution >= 0.6 is 0 Å². The predicted octanol–water partition coefficient (Wildman–Crippen LogP) is 1.39. The molecule has 7 nitrogen and oxygen atoms in total. The van der Waals surface area contributed by atoms with Crippen LogP contribution in [0.4, 0.5) is 0 Å². The number of fused-ring (bicyclic) bond motifs is 1. The first-order valence-electron chi connectivity index (χ1n) is 9.45. The van der Waals surface area contributed by atoms with E-state index in [1.54, 1.807) is 12.1 Å². The van der Waals surface area contributed by atoms with E-state index in [2.05, 4.69) is 24.1 Å². The molecule has 2 heterocycles. The van der Waals surface area contributed by atoms with Gasteiger partial charge in [-0.15, -0.1) is 0 Å². The summed E-state index contributed by atoms with van der Waals surface area (Å²) in [6.07, 6.45) is 0.988. The Kier molecular flexibility index (Phi) is 5.92.